The predicted octanol–water partition coefficient (Wildman–Crippen LogP) is 1.27. The number of nitrogens with two attached hydrogens (primary N) is 1. The molecule has 1 aliphatic heterocycles. The van der Waals surface area contributed by atoms with Gasteiger partial charge in [0.2, 0.25) is 0 Å². The molecule has 19 heavy (non-hydrogen) atoms. The Kier molecular flexibility index (Phi) is 3.73. The molecule has 1 fully saturated rings. The fourth-order valence-electron chi connectivity index (χ4n) is 2.16. The van der Waals surface area contributed by atoms with Crippen LogP contribution in [0.4, 0.5) is 0 Å². The van der Waals surface area contributed by atoms with Gasteiger partial charge >= 0.3 is 7.12 Å². The third kappa shape index (κ3) is 2.83. The van der Waals surface area contributed by atoms with E-state index in [0.717, 1.165) is 17.4 Å². The van der Waals surface area contributed by atoms with E-state index < -0.39 is 0 Å². The molecule has 0 aromatic carbocycles. The van der Waals surface area contributed by atoms with Crippen molar-refractivity contribution in [2.24, 2.45) is 5.73 Å². The molecule has 0 spiro atoms. The van der Waals surface area contributed by atoms with Crippen molar-refractivity contribution < 1.29 is 9.31 Å². The zero-order chi connectivity index (χ0) is 14.3. The van der Waals surface area contributed by atoms with Crippen LogP contribution in [-0.2, 0) is 15.7 Å². The predicted molar refractivity (Wildman–Crippen MR) is 77.3 cm³/mol. The van der Waals surface area contributed by atoms with E-state index in [2.05, 4.69) is 32.7 Å². The Morgan fingerprint density at radius 2 is 1.84 bits per heavy atom. The molecule has 5 heteroatoms. The summed E-state index contributed by atoms with van der Waals surface area (Å²) in [5.41, 5.74) is 7.36. The SMILES string of the molecule is CC(N)Cc1cnccc1B1OC(C)(C)C(C)(C)O1. The first-order chi connectivity index (χ1) is 8.73. The molecule has 1 aromatic rings. The highest BCUT2D eigenvalue weighted by Crippen LogP contribution is 2.36. The number of aromatic nitrogens is 1. The lowest BCUT2D eigenvalue weighted by molar-refractivity contribution is 0.00578. The second-order valence-electron chi connectivity index (χ2n) is 6.34. The van der Waals surface area contributed by atoms with Gasteiger partial charge < -0.3 is 15.0 Å². The van der Waals surface area contributed by atoms with Crippen LogP contribution in [0.1, 0.15) is 40.2 Å². The zero-order valence-electron chi connectivity index (χ0n) is 12.4. The largest absolute Gasteiger partial charge is 0.495 e. The highest BCUT2D eigenvalue weighted by molar-refractivity contribution is 6.62. The second kappa shape index (κ2) is 4.89. The first-order valence-corrected chi connectivity index (χ1v) is 6.77. The Bertz CT molecular complexity index is 445. The van der Waals surface area contributed by atoms with Gasteiger partial charge in [-0.15, -0.1) is 0 Å². The molecule has 1 aromatic heterocycles. The van der Waals surface area contributed by atoms with E-state index >= 15 is 0 Å². The molecule has 1 aliphatic rings. The topological polar surface area (TPSA) is 57.4 Å². The molecule has 0 aliphatic carbocycles. The minimum atomic E-state index is -0.346. The van der Waals surface area contributed by atoms with Crippen LogP contribution in [0.15, 0.2) is 18.5 Å². The Morgan fingerprint density at radius 1 is 1.26 bits per heavy atom. The molecule has 2 heterocycles. The van der Waals surface area contributed by atoms with Gasteiger partial charge in [0.1, 0.15) is 0 Å². The van der Waals surface area contributed by atoms with E-state index in [1.54, 1.807) is 6.20 Å². The van der Waals surface area contributed by atoms with Crippen LogP contribution in [0.2, 0.25) is 0 Å². The second-order valence-corrected chi connectivity index (χ2v) is 6.34. The summed E-state index contributed by atoms with van der Waals surface area (Å²) in [4.78, 5) is 4.18. The van der Waals surface area contributed by atoms with Crippen LogP contribution in [0.25, 0.3) is 0 Å². The third-order valence-electron chi connectivity index (χ3n) is 3.99. The van der Waals surface area contributed by atoms with E-state index in [-0.39, 0.29) is 24.4 Å². The lowest BCUT2D eigenvalue weighted by Crippen LogP contribution is -2.41. The molecule has 2 N–H and O–H groups in total. The molecule has 1 saturated heterocycles. The van der Waals surface area contributed by atoms with Crippen molar-refractivity contribution in [3.8, 4) is 0 Å². The zero-order valence-corrected chi connectivity index (χ0v) is 12.4. The van der Waals surface area contributed by atoms with Crippen LogP contribution in [-0.4, -0.2) is 29.3 Å². The lowest BCUT2D eigenvalue weighted by Gasteiger charge is -2.32. The number of nitrogens with zero attached hydrogens (tertiary/aromatic N) is 1. The van der Waals surface area contributed by atoms with Crippen molar-refractivity contribution in [2.75, 3.05) is 0 Å². The molecule has 0 amide bonds. The summed E-state index contributed by atoms with van der Waals surface area (Å²) < 4.78 is 12.2. The van der Waals surface area contributed by atoms with Crippen molar-refractivity contribution in [2.45, 2.75) is 58.3 Å². The average Bonchev–Trinajstić information content (AvgIpc) is 2.48. The summed E-state index contributed by atoms with van der Waals surface area (Å²) in [6, 6.07) is 2.05. The fraction of sp³-hybridized carbons (Fsp3) is 0.643. The van der Waals surface area contributed by atoms with Gasteiger partial charge in [-0.25, -0.2) is 0 Å². The van der Waals surface area contributed by atoms with Gasteiger partial charge in [-0.05, 0) is 58.1 Å². The van der Waals surface area contributed by atoms with Crippen LogP contribution in [0, 0.1) is 0 Å². The lowest BCUT2D eigenvalue weighted by atomic mass is 9.75. The van der Waals surface area contributed by atoms with E-state index in [1.807, 2.05) is 19.2 Å². The number of rotatable bonds is 3. The third-order valence-corrected chi connectivity index (χ3v) is 3.99. The van der Waals surface area contributed by atoms with E-state index in [0.29, 0.717) is 0 Å². The Labute approximate surface area is 115 Å². The Morgan fingerprint density at radius 3 is 2.37 bits per heavy atom. The number of pyridine rings is 1. The van der Waals surface area contributed by atoms with E-state index in [1.165, 1.54) is 0 Å². The monoisotopic (exact) mass is 262 g/mol. The van der Waals surface area contributed by atoms with E-state index in [4.69, 9.17) is 15.0 Å². The van der Waals surface area contributed by atoms with Gasteiger partial charge in [0.15, 0.2) is 0 Å². The molecule has 104 valence electrons. The van der Waals surface area contributed by atoms with Crippen molar-refractivity contribution in [1.82, 2.24) is 4.98 Å². The van der Waals surface area contributed by atoms with Crippen LogP contribution < -0.4 is 11.2 Å². The summed E-state index contributed by atoms with van der Waals surface area (Å²) in [6.45, 7) is 10.2. The normalized spacial score (nSPS) is 22.5. The maximum Gasteiger partial charge on any atom is 0.495 e. The maximum atomic E-state index is 6.08. The Balaban J connectivity index is 2.29. The minimum absolute atomic E-state index is 0.0883. The highest BCUT2D eigenvalue weighted by atomic mass is 16.7. The molecule has 0 radical (unpaired) electrons. The molecule has 2 rings (SSSR count). The maximum absolute atomic E-state index is 6.08. The summed E-state index contributed by atoms with van der Waals surface area (Å²) in [5.74, 6) is 0. The van der Waals surface area contributed by atoms with Crippen molar-refractivity contribution in [3.63, 3.8) is 0 Å². The summed E-state index contributed by atoms with van der Waals surface area (Å²) >= 11 is 0. The van der Waals surface area contributed by atoms with Gasteiger partial charge in [-0.1, -0.05) is 0 Å². The fourth-order valence-corrected chi connectivity index (χ4v) is 2.16. The summed E-state index contributed by atoms with van der Waals surface area (Å²) in [6.07, 6.45) is 4.39. The Hall–Kier alpha value is -0.905. The molecule has 4 nitrogen and oxygen atoms in total. The molecule has 0 saturated carbocycles. The quantitative estimate of drug-likeness (QED) is 0.833. The summed E-state index contributed by atoms with van der Waals surface area (Å²) in [7, 11) is -0.346. The highest BCUT2D eigenvalue weighted by Gasteiger charge is 2.52. The standard InChI is InChI=1S/C14H23BN2O2/c1-10(16)8-11-9-17-7-6-12(11)15-18-13(2,3)14(4,5)19-15/h6-7,9-10H,8,16H2,1-5H3. The van der Waals surface area contributed by atoms with Crippen molar-refractivity contribution >= 4 is 12.6 Å². The first kappa shape index (κ1) is 14.5. The number of hydrogen-bond acceptors (Lipinski definition) is 4. The van der Waals surface area contributed by atoms with Crippen LogP contribution in [0.3, 0.4) is 0 Å². The van der Waals surface area contributed by atoms with Crippen molar-refractivity contribution in [1.29, 1.82) is 0 Å². The molecule has 1 unspecified atom stereocenters. The minimum Gasteiger partial charge on any atom is -0.399 e. The molecular formula is C14H23BN2O2. The molecule has 0 bridgehead atoms. The van der Waals surface area contributed by atoms with Crippen LogP contribution >= 0.6 is 0 Å². The van der Waals surface area contributed by atoms with Gasteiger partial charge in [0.05, 0.1) is 11.2 Å². The first-order valence-electron chi connectivity index (χ1n) is 6.77. The van der Waals surface area contributed by atoms with E-state index in [9.17, 15) is 0 Å². The number of hydrogen-bond donors (Lipinski definition) is 1. The average molecular weight is 262 g/mol. The molecule has 1 atom stereocenters. The van der Waals surface area contributed by atoms with Gasteiger partial charge in [0.25, 0.3) is 0 Å². The molecular weight excluding hydrogens is 239 g/mol. The van der Waals surface area contributed by atoms with Gasteiger partial charge in [0, 0.05) is 18.4 Å². The van der Waals surface area contributed by atoms with Crippen LogP contribution in [0.5, 0.6) is 0 Å². The van der Waals surface area contributed by atoms with Gasteiger partial charge in [-0.2, -0.15) is 0 Å². The summed E-state index contributed by atoms with van der Waals surface area (Å²) in [5, 5.41) is 0. The van der Waals surface area contributed by atoms with Gasteiger partial charge in [-0.3, -0.25) is 4.98 Å². The smallest absolute Gasteiger partial charge is 0.399 e. The van der Waals surface area contributed by atoms with Crippen molar-refractivity contribution in [3.05, 3.63) is 24.0 Å².